The number of aliphatic hydroxyl groups is 1. The van der Waals surface area contributed by atoms with E-state index in [2.05, 4.69) is 15.6 Å². The summed E-state index contributed by atoms with van der Waals surface area (Å²) in [4.78, 5) is 57.2. The lowest BCUT2D eigenvalue weighted by Gasteiger charge is -2.38. The highest BCUT2D eigenvalue weighted by Crippen LogP contribution is 2.46. The number of para-hydroxylation sites is 1. The minimum Gasteiger partial charge on any atom is -0.480 e. The van der Waals surface area contributed by atoms with E-state index < -0.39 is 48.1 Å². The Bertz CT molecular complexity index is 1460. The van der Waals surface area contributed by atoms with E-state index in [4.69, 9.17) is 0 Å². The summed E-state index contributed by atoms with van der Waals surface area (Å²) in [5.74, 6) is -2.85. The molecule has 5 atom stereocenters. The van der Waals surface area contributed by atoms with E-state index in [0.29, 0.717) is 5.56 Å². The number of aliphatic hydroxyl groups excluding tert-OH is 1. The molecule has 3 amide bonds. The number of hydrogen-bond donors (Lipinski definition) is 5. The molecule has 204 valence electrons. The van der Waals surface area contributed by atoms with Crippen LogP contribution in [-0.4, -0.2) is 68.0 Å². The zero-order valence-corrected chi connectivity index (χ0v) is 22.0. The van der Waals surface area contributed by atoms with E-state index in [1.807, 2.05) is 50.2 Å². The molecule has 0 fully saturated rings. The van der Waals surface area contributed by atoms with Crippen LogP contribution >= 0.6 is 0 Å². The minimum absolute atomic E-state index is 0.00660. The number of aliphatic carboxylic acids is 1. The van der Waals surface area contributed by atoms with Gasteiger partial charge in [-0.2, -0.15) is 0 Å². The van der Waals surface area contributed by atoms with Crippen LogP contribution in [0.5, 0.6) is 0 Å². The number of carboxylic acids is 1. The van der Waals surface area contributed by atoms with Crippen LogP contribution < -0.4 is 10.6 Å². The molecule has 0 radical (unpaired) electrons. The van der Waals surface area contributed by atoms with Crippen LogP contribution in [0.25, 0.3) is 10.9 Å². The van der Waals surface area contributed by atoms with Gasteiger partial charge in [-0.1, -0.05) is 50.2 Å². The van der Waals surface area contributed by atoms with Gasteiger partial charge in [-0.25, -0.2) is 4.79 Å². The fourth-order valence-corrected chi connectivity index (χ4v) is 5.75. The summed E-state index contributed by atoms with van der Waals surface area (Å²) in [6.07, 6.45) is -0.836. The number of nitrogens with one attached hydrogen (secondary N) is 3. The molecule has 0 saturated heterocycles. The van der Waals surface area contributed by atoms with Crippen LogP contribution in [0.4, 0.5) is 0 Å². The van der Waals surface area contributed by atoms with Crippen LogP contribution in [0.2, 0.25) is 0 Å². The highest BCUT2D eigenvalue weighted by molar-refractivity contribution is 6.04. The molecule has 10 nitrogen and oxygen atoms in total. The lowest BCUT2D eigenvalue weighted by Crippen LogP contribution is -2.59. The minimum atomic E-state index is -1.52. The molecule has 1 aromatic heterocycles. The summed E-state index contributed by atoms with van der Waals surface area (Å²) >= 11 is 0. The van der Waals surface area contributed by atoms with E-state index in [0.717, 1.165) is 27.7 Å². The molecule has 3 aromatic rings. The number of carbonyl (C=O) groups excluding carboxylic acids is 3. The summed E-state index contributed by atoms with van der Waals surface area (Å²) in [6, 6.07) is 11.1. The van der Waals surface area contributed by atoms with Gasteiger partial charge in [-0.05, 0) is 42.5 Å². The quantitative estimate of drug-likeness (QED) is 0.300. The van der Waals surface area contributed by atoms with Gasteiger partial charge >= 0.3 is 5.97 Å². The number of H-pyrrole nitrogens is 1. The molecule has 2 aliphatic rings. The van der Waals surface area contributed by atoms with Gasteiger partial charge in [0.15, 0.2) is 6.04 Å². The number of fused-ring (bicyclic) bond motifs is 7. The van der Waals surface area contributed by atoms with Crippen LogP contribution in [-0.2, 0) is 20.8 Å². The number of carbonyl (C=O) groups is 4. The first kappa shape index (κ1) is 26.4. The van der Waals surface area contributed by atoms with Crippen molar-refractivity contribution in [2.45, 2.75) is 63.9 Å². The van der Waals surface area contributed by atoms with Crippen LogP contribution in [0.1, 0.15) is 60.4 Å². The van der Waals surface area contributed by atoms with Gasteiger partial charge in [0.25, 0.3) is 5.91 Å². The predicted octanol–water partition coefficient (Wildman–Crippen LogP) is 2.12. The molecule has 0 bridgehead atoms. The number of rotatable bonds is 8. The van der Waals surface area contributed by atoms with E-state index in [1.165, 1.54) is 6.92 Å². The van der Waals surface area contributed by atoms with E-state index >= 15 is 0 Å². The van der Waals surface area contributed by atoms with Crippen molar-refractivity contribution in [1.82, 2.24) is 20.5 Å². The number of aromatic amines is 1. The maximum absolute atomic E-state index is 13.9. The summed E-state index contributed by atoms with van der Waals surface area (Å²) in [7, 11) is 0. The molecule has 10 heteroatoms. The van der Waals surface area contributed by atoms with Crippen LogP contribution in [0.3, 0.4) is 0 Å². The number of amides is 3. The molecule has 0 saturated carbocycles. The van der Waals surface area contributed by atoms with Crippen molar-refractivity contribution in [3.63, 3.8) is 0 Å². The predicted molar refractivity (Wildman–Crippen MR) is 143 cm³/mol. The fraction of sp³-hybridized carbons (Fsp3) is 0.379. The monoisotopic (exact) mass is 532 g/mol. The van der Waals surface area contributed by atoms with Gasteiger partial charge in [0.2, 0.25) is 11.8 Å². The highest BCUT2D eigenvalue weighted by Gasteiger charge is 2.49. The molecule has 0 unspecified atom stereocenters. The molecule has 2 aromatic carbocycles. The maximum atomic E-state index is 13.9. The van der Waals surface area contributed by atoms with Crippen LogP contribution in [0.15, 0.2) is 48.5 Å². The summed E-state index contributed by atoms with van der Waals surface area (Å²) in [5.41, 5.74) is 4.07. The Hall–Kier alpha value is -4.18. The second-order valence-corrected chi connectivity index (χ2v) is 10.7. The lowest BCUT2D eigenvalue weighted by atomic mass is 9.89. The SMILES string of the molecule is CC(C)C[C@H](NC(=O)[C@@H]1Cc2c([nH]c3ccccc23)[C@H]2c3ccccc3C(=O)N21)C(=O)N[C@@H](C(=O)O)[C@@H](C)O. The van der Waals surface area contributed by atoms with Crippen molar-refractivity contribution in [3.05, 3.63) is 70.9 Å². The average molecular weight is 533 g/mol. The van der Waals surface area contributed by atoms with Crippen molar-refractivity contribution in [3.8, 4) is 0 Å². The van der Waals surface area contributed by atoms with Gasteiger partial charge in [0, 0.05) is 28.6 Å². The number of hydrogen-bond acceptors (Lipinski definition) is 5. The standard InChI is InChI=1S/C29H32N4O6/c1-14(2)12-21(26(35)32-23(15(3)34)29(38)39)31-27(36)22-13-19-16-8-6-7-11-20(16)30-24(19)25-17-9-4-5-10-18(17)28(37)33(22)25/h4-11,14-15,21-23,25,30,34H,12-13H2,1-3H3,(H,31,36)(H,32,35)(H,38,39)/t15-,21+,22+,23-,25-/m1/s1. The first-order chi connectivity index (χ1) is 18.6. The normalized spacial score (nSPS) is 20.1. The summed E-state index contributed by atoms with van der Waals surface area (Å²) in [6.45, 7) is 5.03. The molecule has 0 aliphatic carbocycles. The second-order valence-electron chi connectivity index (χ2n) is 10.7. The van der Waals surface area contributed by atoms with Crippen molar-refractivity contribution >= 4 is 34.6 Å². The van der Waals surface area contributed by atoms with Crippen molar-refractivity contribution < 1.29 is 29.4 Å². The molecule has 3 heterocycles. The Balaban J connectivity index is 1.50. The number of nitrogens with zero attached hydrogens (tertiary/aromatic N) is 1. The Morgan fingerprint density at radius 1 is 1.05 bits per heavy atom. The van der Waals surface area contributed by atoms with Gasteiger partial charge in [-0.3, -0.25) is 14.4 Å². The third-order valence-electron chi connectivity index (χ3n) is 7.54. The van der Waals surface area contributed by atoms with Crippen molar-refractivity contribution in [2.75, 3.05) is 0 Å². The van der Waals surface area contributed by atoms with Gasteiger partial charge in [0.05, 0.1) is 12.1 Å². The average Bonchev–Trinajstić information content (AvgIpc) is 3.41. The maximum Gasteiger partial charge on any atom is 0.328 e. The van der Waals surface area contributed by atoms with E-state index in [-0.39, 0.29) is 24.7 Å². The molecule has 5 rings (SSSR count). The first-order valence-electron chi connectivity index (χ1n) is 13.1. The Morgan fingerprint density at radius 2 is 1.74 bits per heavy atom. The Labute approximate surface area is 225 Å². The van der Waals surface area contributed by atoms with E-state index in [1.54, 1.807) is 17.0 Å². The van der Waals surface area contributed by atoms with Crippen molar-refractivity contribution in [2.24, 2.45) is 5.92 Å². The largest absolute Gasteiger partial charge is 0.480 e. The number of aromatic nitrogens is 1. The van der Waals surface area contributed by atoms with Gasteiger partial charge < -0.3 is 30.7 Å². The molecule has 5 N–H and O–H groups in total. The third kappa shape index (κ3) is 4.65. The zero-order valence-electron chi connectivity index (χ0n) is 22.0. The summed E-state index contributed by atoms with van der Waals surface area (Å²) < 4.78 is 0. The molecule has 0 spiro atoms. The molecule has 39 heavy (non-hydrogen) atoms. The van der Waals surface area contributed by atoms with Crippen LogP contribution in [0, 0.1) is 5.92 Å². The molecular weight excluding hydrogens is 500 g/mol. The second kappa shape index (κ2) is 10.2. The zero-order chi connectivity index (χ0) is 28.0. The van der Waals surface area contributed by atoms with Crippen molar-refractivity contribution in [1.29, 1.82) is 0 Å². The topological polar surface area (TPSA) is 152 Å². The summed E-state index contributed by atoms with van der Waals surface area (Å²) in [5, 5.41) is 25.4. The molecular formula is C29H32N4O6. The highest BCUT2D eigenvalue weighted by atomic mass is 16.4. The lowest BCUT2D eigenvalue weighted by molar-refractivity contribution is -0.145. The fourth-order valence-electron chi connectivity index (χ4n) is 5.75. The van der Waals surface area contributed by atoms with Gasteiger partial charge in [-0.15, -0.1) is 0 Å². The Kier molecular flexibility index (Phi) is 6.90. The Morgan fingerprint density at radius 3 is 2.44 bits per heavy atom. The molecule has 2 aliphatic heterocycles. The van der Waals surface area contributed by atoms with Gasteiger partial charge in [0.1, 0.15) is 12.1 Å². The number of benzene rings is 2. The number of carboxylic acid groups (broad SMARTS) is 1. The smallest absolute Gasteiger partial charge is 0.328 e. The van der Waals surface area contributed by atoms with E-state index in [9.17, 15) is 29.4 Å². The third-order valence-corrected chi connectivity index (χ3v) is 7.54. The first-order valence-corrected chi connectivity index (χ1v) is 13.1.